The molecule has 1 aromatic rings. The van der Waals surface area contributed by atoms with Crippen molar-refractivity contribution in [3.63, 3.8) is 0 Å². The molecule has 15 heavy (non-hydrogen) atoms. The van der Waals surface area contributed by atoms with E-state index < -0.39 is 14.8 Å². The summed E-state index contributed by atoms with van der Waals surface area (Å²) in [4.78, 5) is 9.87. The Kier molecular flexibility index (Phi) is 3.41. The predicted octanol–water partition coefficient (Wildman–Crippen LogP) is 1.59. The average Bonchev–Trinajstić information content (AvgIpc) is 2.18. The highest BCUT2D eigenvalue weighted by molar-refractivity contribution is 7.91. The van der Waals surface area contributed by atoms with Crippen LogP contribution in [-0.2, 0) is 9.84 Å². The first-order valence-corrected chi connectivity index (χ1v) is 5.87. The summed E-state index contributed by atoms with van der Waals surface area (Å²) in [6.45, 7) is 1.64. The highest BCUT2D eigenvalue weighted by Gasteiger charge is 2.14. The topological polar surface area (TPSA) is 77.3 Å². The lowest BCUT2D eigenvalue weighted by Gasteiger charge is -2.01. The fourth-order valence-electron chi connectivity index (χ4n) is 1.09. The highest BCUT2D eigenvalue weighted by Crippen LogP contribution is 2.17. The van der Waals surface area contributed by atoms with Gasteiger partial charge in [0.25, 0.3) is 5.69 Å². The molecular formula is C9H10NO4S. The summed E-state index contributed by atoms with van der Waals surface area (Å²) < 4.78 is 23.0. The molecule has 0 aliphatic rings. The SMILES string of the molecule is C[CH]CS(=O)(=O)c1ccc([N+](=O)[O-])cc1. The van der Waals surface area contributed by atoms with Crippen LogP contribution in [0.5, 0.6) is 0 Å². The van der Waals surface area contributed by atoms with Crippen molar-refractivity contribution >= 4 is 15.5 Å². The molecule has 0 bridgehead atoms. The molecular weight excluding hydrogens is 218 g/mol. The van der Waals surface area contributed by atoms with Crippen LogP contribution in [0.2, 0.25) is 0 Å². The van der Waals surface area contributed by atoms with Gasteiger partial charge in [-0.2, -0.15) is 0 Å². The Morgan fingerprint density at radius 1 is 1.33 bits per heavy atom. The average molecular weight is 228 g/mol. The molecule has 81 valence electrons. The Balaban J connectivity index is 3.04. The first-order valence-electron chi connectivity index (χ1n) is 4.22. The molecule has 0 N–H and O–H groups in total. The molecule has 1 radical (unpaired) electrons. The monoisotopic (exact) mass is 228 g/mol. The summed E-state index contributed by atoms with van der Waals surface area (Å²) in [5, 5.41) is 10.3. The van der Waals surface area contributed by atoms with E-state index in [0.29, 0.717) is 0 Å². The van der Waals surface area contributed by atoms with E-state index in [-0.39, 0.29) is 16.3 Å². The Labute approximate surface area is 87.8 Å². The van der Waals surface area contributed by atoms with E-state index in [1.165, 1.54) is 30.7 Å². The van der Waals surface area contributed by atoms with Crippen molar-refractivity contribution in [1.82, 2.24) is 0 Å². The van der Waals surface area contributed by atoms with Gasteiger partial charge >= 0.3 is 0 Å². The van der Waals surface area contributed by atoms with E-state index in [2.05, 4.69) is 0 Å². The van der Waals surface area contributed by atoms with Crippen LogP contribution in [-0.4, -0.2) is 19.1 Å². The number of hydrogen-bond acceptors (Lipinski definition) is 4. The molecule has 0 unspecified atom stereocenters. The van der Waals surface area contributed by atoms with E-state index in [1.807, 2.05) is 0 Å². The molecule has 0 spiro atoms. The normalized spacial score (nSPS) is 11.3. The third kappa shape index (κ3) is 2.76. The van der Waals surface area contributed by atoms with E-state index in [9.17, 15) is 18.5 Å². The van der Waals surface area contributed by atoms with E-state index >= 15 is 0 Å². The molecule has 0 aliphatic carbocycles. The van der Waals surface area contributed by atoms with Crippen LogP contribution < -0.4 is 0 Å². The number of nitro groups is 1. The molecule has 0 saturated heterocycles. The molecule has 0 fully saturated rings. The number of non-ortho nitro benzene ring substituents is 1. The molecule has 6 heteroatoms. The Morgan fingerprint density at radius 3 is 2.27 bits per heavy atom. The summed E-state index contributed by atoms with van der Waals surface area (Å²) in [7, 11) is -3.33. The standard InChI is InChI=1S/C9H10NO4S/c1-2-7-15(13,14)9-5-3-8(4-6-9)10(11)12/h2-6H,7H2,1H3. The first-order chi connectivity index (χ1) is 6.97. The molecule has 5 nitrogen and oxygen atoms in total. The van der Waals surface area contributed by atoms with Crippen molar-refractivity contribution in [3.05, 3.63) is 40.8 Å². The minimum Gasteiger partial charge on any atom is -0.258 e. The zero-order chi connectivity index (χ0) is 11.5. The fraction of sp³-hybridized carbons (Fsp3) is 0.222. The van der Waals surface area contributed by atoms with Gasteiger partial charge in [-0.1, -0.05) is 6.92 Å². The Bertz CT molecular complexity index is 450. The van der Waals surface area contributed by atoms with Gasteiger partial charge in [-0.25, -0.2) is 8.42 Å². The third-order valence-corrected chi connectivity index (χ3v) is 3.56. The maximum Gasteiger partial charge on any atom is 0.269 e. The lowest BCUT2D eigenvalue weighted by atomic mass is 10.3. The number of rotatable bonds is 4. The third-order valence-electron chi connectivity index (χ3n) is 1.79. The number of sulfone groups is 1. The predicted molar refractivity (Wildman–Crippen MR) is 55.1 cm³/mol. The molecule has 0 aliphatic heterocycles. The van der Waals surface area contributed by atoms with Gasteiger partial charge in [0, 0.05) is 12.1 Å². The minimum atomic E-state index is -3.33. The van der Waals surface area contributed by atoms with Crippen LogP contribution in [0, 0.1) is 16.5 Å². The van der Waals surface area contributed by atoms with Crippen molar-refractivity contribution < 1.29 is 13.3 Å². The summed E-state index contributed by atoms with van der Waals surface area (Å²) in [6, 6.07) is 4.86. The van der Waals surface area contributed by atoms with Crippen molar-refractivity contribution in [2.45, 2.75) is 11.8 Å². The lowest BCUT2D eigenvalue weighted by Crippen LogP contribution is -2.06. The van der Waals surface area contributed by atoms with Crippen molar-refractivity contribution in [1.29, 1.82) is 0 Å². The largest absolute Gasteiger partial charge is 0.269 e. The van der Waals surface area contributed by atoms with Crippen LogP contribution in [0.3, 0.4) is 0 Å². The lowest BCUT2D eigenvalue weighted by molar-refractivity contribution is -0.384. The van der Waals surface area contributed by atoms with Crippen molar-refractivity contribution in [3.8, 4) is 0 Å². The number of benzene rings is 1. The molecule has 0 saturated carbocycles. The van der Waals surface area contributed by atoms with Gasteiger partial charge in [-0.3, -0.25) is 10.1 Å². The number of nitro benzene ring substituents is 1. The van der Waals surface area contributed by atoms with Crippen molar-refractivity contribution in [2.24, 2.45) is 0 Å². The van der Waals surface area contributed by atoms with Crippen LogP contribution in [0.15, 0.2) is 29.2 Å². The Hall–Kier alpha value is -1.43. The molecule has 0 aromatic heterocycles. The van der Waals surface area contributed by atoms with Crippen LogP contribution in [0.25, 0.3) is 0 Å². The van der Waals surface area contributed by atoms with Gasteiger partial charge in [-0.15, -0.1) is 0 Å². The Morgan fingerprint density at radius 2 is 1.87 bits per heavy atom. The second-order valence-corrected chi connectivity index (χ2v) is 4.97. The van der Waals surface area contributed by atoms with Gasteiger partial charge in [0.2, 0.25) is 0 Å². The van der Waals surface area contributed by atoms with Crippen LogP contribution in [0.4, 0.5) is 5.69 Å². The van der Waals surface area contributed by atoms with Gasteiger partial charge in [0.15, 0.2) is 9.84 Å². The van der Waals surface area contributed by atoms with Gasteiger partial charge in [0.05, 0.1) is 15.6 Å². The molecule has 0 amide bonds. The first kappa shape index (κ1) is 11.6. The molecule has 0 heterocycles. The second-order valence-electron chi connectivity index (χ2n) is 2.94. The van der Waals surface area contributed by atoms with Crippen molar-refractivity contribution in [2.75, 3.05) is 5.75 Å². The minimum absolute atomic E-state index is 0.0647. The number of hydrogen-bond donors (Lipinski definition) is 0. The molecule has 0 atom stereocenters. The fourth-order valence-corrected chi connectivity index (χ4v) is 2.27. The molecule has 1 rings (SSSR count). The summed E-state index contributed by atoms with van der Waals surface area (Å²) in [6.07, 6.45) is 1.52. The quantitative estimate of drug-likeness (QED) is 0.579. The van der Waals surface area contributed by atoms with E-state index in [4.69, 9.17) is 0 Å². The zero-order valence-electron chi connectivity index (χ0n) is 8.08. The van der Waals surface area contributed by atoms with E-state index in [1.54, 1.807) is 6.92 Å². The summed E-state index contributed by atoms with van der Waals surface area (Å²) >= 11 is 0. The van der Waals surface area contributed by atoms with Crippen LogP contribution in [0.1, 0.15) is 6.92 Å². The maximum atomic E-state index is 11.5. The van der Waals surface area contributed by atoms with Gasteiger partial charge in [0.1, 0.15) is 0 Å². The maximum absolute atomic E-state index is 11.5. The smallest absolute Gasteiger partial charge is 0.258 e. The zero-order valence-corrected chi connectivity index (χ0v) is 8.90. The summed E-state index contributed by atoms with van der Waals surface area (Å²) in [5.41, 5.74) is -0.116. The highest BCUT2D eigenvalue weighted by atomic mass is 32.2. The second kappa shape index (κ2) is 4.39. The van der Waals surface area contributed by atoms with Gasteiger partial charge < -0.3 is 0 Å². The van der Waals surface area contributed by atoms with Crippen LogP contribution >= 0.6 is 0 Å². The molecule has 1 aromatic carbocycles. The van der Waals surface area contributed by atoms with E-state index in [0.717, 1.165) is 0 Å². The summed E-state index contributed by atoms with van der Waals surface area (Å²) in [5.74, 6) is -0.0647. The van der Waals surface area contributed by atoms with Gasteiger partial charge in [-0.05, 0) is 18.6 Å². The number of nitrogens with zero attached hydrogens (tertiary/aromatic N) is 1.